The Morgan fingerprint density at radius 1 is 1.15 bits per heavy atom. The lowest BCUT2D eigenvalue weighted by molar-refractivity contribution is -0.235. The third kappa shape index (κ3) is 1.43. The first kappa shape index (κ1) is 16.5. The molecule has 6 aliphatic carbocycles. The van der Waals surface area contributed by atoms with Gasteiger partial charge in [-0.3, -0.25) is 4.90 Å². The van der Waals surface area contributed by atoms with Crippen LogP contribution in [-0.4, -0.2) is 58.2 Å². The van der Waals surface area contributed by atoms with Crippen molar-refractivity contribution in [3.8, 4) is 0 Å². The standard InChI is InChI=1S/C22H33NO3/c1-12-13-8-14-18-21-5-3-4-20(2,11-23(18)6-7-24)15(21)10-17(25)22(14,19(12)26)16(21)9-13/h13-19,24-26H,1,3-11H2,2H3/t13-,14?,15+,16-,17-,18?,19+,20-,21-,22+/m0/s1. The average Bonchev–Trinajstić information content (AvgIpc) is 2.69. The molecule has 1 heterocycles. The molecule has 26 heavy (non-hydrogen) atoms. The first-order valence-corrected chi connectivity index (χ1v) is 10.8. The van der Waals surface area contributed by atoms with E-state index in [9.17, 15) is 15.3 Å². The number of hydrogen-bond donors (Lipinski definition) is 3. The SMILES string of the molecule is C=C1[C@H]2CC3C4N(CCO)C[C@]5(C)CCC[C@@]46[C@@H]5C[C@H](O)[C@]3([C@@H]1O)[C@H]6C2. The zero-order valence-corrected chi connectivity index (χ0v) is 15.9. The Bertz CT molecular complexity index is 680. The molecule has 6 bridgehead atoms. The summed E-state index contributed by atoms with van der Waals surface area (Å²) in [7, 11) is 0. The van der Waals surface area contributed by atoms with E-state index in [1.54, 1.807) is 0 Å². The van der Waals surface area contributed by atoms with E-state index >= 15 is 0 Å². The predicted octanol–water partition coefficient (Wildman–Crippen LogP) is 1.79. The van der Waals surface area contributed by atoms with Crippen molar-refractivity contribution in [3.05, 3.63) is 12.2 Å². The number of β-amino-alcohol motifs (C(OH)–C–C–N with tert-alkyl or cyclic N) is 1. The molecule has 144 valence electrons. The number of aliphatic hydroxyl groups excluding tert-OH is 3. The Balaban J connectivity index is 1.61. The van der Waals surface area contributed by atoms with E-state index < -0.39 is 12.2 Å². The van der Waals surface area contributed by atoms with Crippen LogP contribution < -0.4 is 0 Å². The molecule has 7 aliphatic rings. The Labute approximate surface area is 156 Å². The van der Waals surface area contributed by atoms with E-state index in [0.29, 0.717) is 29.7 Å². The fourth-order valence-corrected chi connectivity index (χ4v) is 10.1. The summed E-state index contributed by atoms with van der Waals surface area (Å²) in [5.41, 5.74) is 1.10. The van der Waals surface area contributed by atoms with Gasteiger partial charge in [-0.1, -0.05) is 19.9 Å². The third-order valence-electron chi connectivity index (χ3n) is 10.5. The summed E-state index contributed by atoms with van der Waals surface area (Å²) in [6.45, 7) is 8.72. The molecule has 4 nitrogen and oxygen atoms in total. The highest BCUT2D eigenvalue weighted by molar-refractivity contribution is 5.38. The fourth-order valence-electron chi connectivity index (χ4n) is 10.1. The van der Waals surface area contributed by atoms with Crippen molar-refractivity contribution < 1.29 is 15.3 Å². The van der Waals surface area contributed by atoms with Gasteiger partial charge >= 0.3 is 0 Å². The number of rotatable bonds is 2. The van der Waals surface area contributed by atoms with Crippen molar-refractivity contribution in [2.45, 2.75) is 63.7 Å². The Morgan fingerprint density at radius 2 is 1.96 bits per heavy atom. The minimum atomic E-state index is -0.537. The number of aliphatic hydroxyl groups is 3. The summed E-state index contributed by atoms with van der Waals surface area (Å²) in [6.07, 6.45) is 5.91. The predicted molar refractivity (Wildman–Crippen MR) is 98.2 cm³/mol. The van der Waals surface area contributed by atoms with Crippen LogP contribution in [0.5, 0.6) is 0 Å². The maximum absolute atomic E-state index is 11.5. The van der Waals surface area contributed by atoms with Crippen molar-refractivity contribution in [1.29, 1.82) is 0 Å². The van der Waals surface area contributed by atoms with Crippen LogP contribution in [0, 0.1) is 39.9 Å². The molecular formula is C22H33NO3. The number of likely N-dealkylation sites (tertiary alicyclic amines) is 1. The van der Waals surface area contributed by atoms with Crippen LogP contribution in [0.2, 0.25) is 0 Å². The lowest BCUT2D eigenvalue weighted by Gasteiger charge is -2.69. The molecule has 0 aromatic rings. The maximum atomic E-state index is 11.5. The quantitative estimate of drug-likeness (QED) is 0.658. The minimum absolute atomic E-state index is 0.207. The molecule has 1 aliphatic heterocycles. The summed E-state index contributed by atoms with van der Waals surface area (Å²) in [5.74, 6) is 1.79. The molecule has 0 radical (unpaired) electrons. The van der Waals surface area contributed by atoms with Gasteiger partial charge < -0.3 is 15.3 Å². The molecular weight excluding hydrogens is 326 g/mol. The number of nitrogens with zero attached hydrogens (tertiary/aromatic N) is 1. The lowest BCUT2D eigenvalue weighted by atomic mass is 9.38. The molecule has 4 heteroatoms. The van der Waals surface area contributed by atoms with Gasteiger partial charge in [-0.05, 0) is 72.2 Å². The Kier molecular flexibility index (Phi) is 3.03. The topological polar surface area (TPSA) is 63.9 Å². The molecule has 6 saturated carbocycles. The van der Waals surface area contributed by atoms with Crippen molar-refractivity contribution >= 4 is 0 Å². The van der Waals surface area contributed by atoms with Gasteiger partial charge in [0.15, 0.2) is 0 Å². The average molecular weight is 360 g/mol. The van der Waals surface area contributed by atoms with E-state index in [2.05, 4.69) is 18.4 Å². The van der Waals surface area contributed by atoms with Crippen LogP contribution in [-0.2, 0) is 0 Å². The number of hydrogen-bond acceptors (Lipinski definition) is 4. The van der Waals surface area contributed by atoms with Crippen molar-refractivity contribution in [1.82, 2.24) is 4.90 Å². The second kappa shape index (κ2) is 4.76. The largest absolute Gasteiger partial charge is 0.395 e. The van der Waals surface area contributed by atoms with E-state index in [1.165, 1.54) is 19.3 Å². The zero-order valence-electron chi connectivity index (χ0n) is 15.9. The zero-order chi connectivity index (χ0) is 18.1. The molecule has 7 fully saturated rings. The van der Waals surface area contributed by atoms with Crippen molar-refractivity contribution in [3.63, 3.8) is 0 Å². The minimum Gasteiger partial charge on any atom is -0.395 e. The van der Waals surface area contributed by atoms with Crippen LogP contribution in [0.15, 0.2) is 12.2 Å². The Morgan fingerprint density at radius 3 is 2.73 bits per heavy atom. The van der Waals surface area contributed by atoms with Crippen molar-refractivity contribution in [2.24, 2.45) is 39.9 Å². The normalized spacial score (nSPS) is 62.6. The van der Waals surface area contributed by atoms with Gasteiger partial charge in [0.1, 0.15) is 0 Å². The van der Waals surface area contributed by atoms with Crippen LogP contribution in [0.25, 0.3) is 0 Å². The van der Waals surface area contributed by atoms with Gasteiger partial charge in [0.25, 0.3) is 0 Å². The van der Waals surface area contributed by atoms with E-state index in [-0.39, 0.29) is 22.9 Å². The maximum Gasteiger partial charge on any atom is 0.0837 e. The molecule has 2 unspecified atom stereocenters. The highest BCUT2D eigenvalue weighted by atomic mass is 16.3. The second-order valence-corrected chi connectivity index (χ2v) is 10.9. The first-order valence-electron chi connectivity index (χ1n) is 10.8. The molecule has 0 amide bonds. The van der Waals surface area contributed by atoms with E-state index in [0.717, 1.165) is 37.9 Å². The van der Waals surface area contributed by atoms with Gasteiger partial charge in [0.05, 0.1) is 18.8 Å². The van der Waals surface area contributed by atoms with E-state index in [4.69, 9.17) is 0 Å². The summed E-state index contributed by atoms with van der Waals surface area (Å²) >= 11 is 0. The smallest absolute Gasteiger partial charge is 0.0837 e. The van der Waals surface area contributed by atoms with Crippen LogP contribution >= 0.6 is 0 Å². The highest BCUT2D eigenvalue weighted by Crippen LogP contribution is 2.82. The van der Waals surface area contributed by atoms with Crippen LogP contribution in [0.3, 0.4) is 0 Å². The number of piperidine rings is 1. The molecule has 0 aromatic heterocycles. The molecule has 3 N–H and O–H groups in total. The van der Waals surface area contributed by atoms with Gasteiger partial charge in [0.2, 0.25) is 0 Å². The van der Waals surface area contributed by atoms with Gasteiger partial charge in [0, 0.05) is 24.5 Å². The number of fused-ring (bicyclic) bond motifs is 1. The molecule has 10 atom stereocenters. The van der Waals surface area contributed by atoms with Gasteiger partial charge in [-0.15, -0.1) is 0 Å². The molecule has 2 spiro atoms. The van der Waals surface area contributed by atoms with Crippen LogP contribution in [0.1, 0.15) is 45.4 Å². The lowest BCUT2D eigenvalue weighted by Crippen LogP contribution is -2.69. The summed E-state index contributed by atoms with van der Waals surface area (Å²) in [4.78, 5) is 2.59. The molecule has 0 aromatic carbocycles. The van der Waals surface area contributed by atoms with E-state index in [1.807, 2.05) is 0 Å². The fraction of sp³-hybridized carbons (Fsp3) is 0.909. The van der Waals surface area contributed by atoms with Crippen molar-refractivity contribution in [2.75, 3.05) is 19.7 Å². The first-order chi connectivity index (χ1) is 12.4. The second-order valence-electron chi connectivity index (χ2n) is 10.9. The van der Waals surface area contributed by atoms with Crippen LogP contribution in [0.4, 0.5) is 0 Å². The van der Waals surface area contributed by atoms with Gasteiger partial charge in [-0.2, -0.15) is 0 Å². The Hall–Kier alpha value is -0.420. The monoisotopic (exact) mass is 359 g/mol. The third-order valence-corrected chi connectivity index (χ3v) is 10.5. The summed E-state index contributed by atoms with van der Waals surface area (Å²) < 4.78 is 0. The molecule has 7 rings (SSSR count). The summed E-state index contributed by atoms with van der Waals surface area (Å²) in [6, 6.07) is 0.433. The summed E-state index contributed by atoms with van der Waals surface area (Å²) in [5, 5.41) is 32.7. The molecule has 1 saturated heterocycles. The highest BCUT2D eigenvalue weighted by Gasteiger charge is 2.83. The van der Waals surface area contributed by atoms with Gasteiger partial charge in [-0.25, -0.2) is 0 Å².